The van der Waals surface area contributed by atoms with Crippen LogP contribution in [0.15, 0.2) is 48.5 Å². The van der Waals surface area contributed by atoms with Gasteiger partial charge in [-0.1, -0.05) is 64.0 Å². The summed E-state index contributed by atoms with van der Waals surface area (Å²) in [4.78, 5) is 0. The first-order chi connectivity index (χ1) is 8.70. The molecule has 2 aromatic carbocycles. The highest BCUT2D eigenvalue weighted by molar-refractivity contribution is 9.09. The van der Waals surface area contributed by atoms with E-state index in [0.29, 0.717) is 5.92 Å². The van der Waals surface area contributed by atoms with Crippen molar-refractivity contribution >= 4 is 15.9 Å². The van der Waals surface area contributed by atoms with Crippen LogP contribution in [0.2, 0.25) is 0 Å². The molecule has 18 heavy (non-hydrogen) atoms. The number of halogens is 2. The SMILES string of the molecule is Cc1cccc(C(CBr)Cc2ccccc2F)c1. The maximum atomic E-state index is 13.7. The summed E-state index contributed by atoms with van der Waals surface area (Å²) in [6.45, 7) is 2.08. The number of rotatable bonds is 4. The van der Waals surface area contributed by atoms with E-state index >= 15 is 0 Å². The first kappa shape index (κ1) is 13.3. The van der Waals surface area contributed by atoms with E-state index in [2.05, 4.69) is 47.1 Å². The third-order valence-corrected chi connectivity index (χ3v) is 3.91. The van der Waals surface area contributed by atoms with Crippen molar-refractivity contribution in [1.82, 2.24) is 0 Å². The van der Waals surface area contributed by atoms with E-state index in [1.54, 1.807) is 6.07 Å². The van der Waals surface area contributed by atoms with Crippen molar-refractivity contribution < 1.29 is 4.39 Å². The van der Waals surface area contributed by atoms with Gasteiger partial charge in [0, 0.05) is 5.33 Å². The smallest absolute Gasteiger partial charge is 0.126 e. The van der Waals surface area contributed by atoms with Crippen molar-refractivity contribution in [2.24, 2.45) is 0 Å². The van der Waals surface area contributed by atoms with Crippen LogP contribution in [0, 0.1) is 12.7 Å². The second-order valence-electron chi connectivity index (χ2n) is 4.56. The zero-order valence-electron chi connectivity index (χ0n) is 10.4. The van der Waals surface area contributed by atoms with Gasteiger partial charge in [-0.2, -0.15) is 0 Å². The lowest BCUT2D eigenvalue weighted by atomic mass is 9.92. The molecule has 0 spiro atoms. The molecular formula is C16H16BrF. The van der Waals surface area contributed by atoms with Gasteiger partial charge in [-0.25, -0.2) is 4.39 Å². The van der Waals surface area contributed by atoms with Gasteiger partial charge >= 0.3 is 0 Å². The lowest BCUT2D eigenvalue weighted by Crippen LogP contribution is -2.06. The predicted octanol–water partition coefficient (Wildman–Crippen LogP) is 4.86. The van der Waals surface area contributed by atoms with Crippen LogP contribution in [0.25, 0.3) is 0 Å². The predicted molar refractivity (Wildman–Crippen MR) is 77.8 cm³/mol. The Morgan fingerprint density at radius 3 is 2.56 bits per heavy atom. The van der Waals surface area contributed by atoms with E-state index in [0.717, 1.165) is 17.3 Å². The fraction of sp³-hybridized carbons (Fsp3) is 0.250. The molecule has 0 saturated heterocycles. The summed E-state index contributed by atoms with van der Waals surface area (Å²) < 4.78 is 13.7. The molecule has 0 saturated carbocycles. The molecule has 2 rings (SSSR count). The Labute approximate surface area is 116 Å². The van der Waals surface area contributed by atoms with Crippen LogP contribution in [0.5, 0.6) is 0 Å². The van der Waals surface area contributed by atoms with Gasteiger partial charge in [0.1, 0.15) is 5.82 Å². The minimum atomic E-state index is -0.115. The minimum absolute atomic E-state index is 0.115. The summed E-state index contributed by atoms with van der Waals surface area (Å²) in [6, 6.07) is 15.4. The van der Waals surface area contributed by atoms with Gasteiger partial charge in [-0.15, -0.1) is 0 Å². The summed E-state index contributed by atoms with van der Waals surface area (Å²) in [7, 11) is 0. The fourth-order valence-corrected chi connectivity index (χ4v) is 2.72. The quantitative estimate of drug-likeness (QED) is 0.708. The fourth-order valence-electron chi connectivity index (χ4n) is 2.11. The van der Waals surface area contributed by atoms with Crippen molar-refractivity contribution in [1.29, 1.82) is 0 Å². The normalized spacial score (nSPS) is 12.4. The number of hydrogen-bond acceptors (Lipinski definition) is 0. The monoisotopic (exact) mass is 306 g/mol. The average molecular weight is 307 g/mol. The van der Waals surface area contributed by atoms with Gasteiger partial charge in [-0.3, -0.25) is 0 Å². The highest BCUT2D eigenvalue weighted by Crippen LogP contribution is 2.24. The van der Waals surface area contributed by atoms with E-state index in [4.69, 9.17) is 0 Å². The van der Waals surface area contributed by atoms with Gasteiger partial charge in [0.25, 0.3) is 0 Å². The molecule has 0 aliphatic carbocycles. The van der Waals surface area contributed by atoms with Crippen LogP contribution in [0.3, 0.4) is 0 Å². The lowest BCUT2D eigenvalue weighted by Gasteiger charge is -2.15. The number of alkyl halides is 1. The van der Waals surface area contributed by atoms with Gasteiger partial charge < -0.3 is 0 Å². The maximum absolute atomic E-state index is 13.7. The first-order valence-electron chi connectivity index (χ1n) is 6.06. The van der Waals surface area contributed by atoms with Gasteiger partial charge in [-0.05, 0) is 36.5 Å². The third kappa shape index (κ3) is 3.20. The number of benzene rings is 2. The van der Waals surface area contributed by atoms with Crippen LogP contribution in [0.4, 0.5) is 4.39 Å². The zero-order valence-corrected chi connectivity index (χ0v) is 12.0. The Kier molecular flexibility index (Phi) is 4.54. The molecule has 0 nitrogen and oxygen atoms in total. The molecule has 0 heterocycles. The van der Waals surface area contributed by atoms with E-state index in [-0.39, 0.29) is 5.82 Å². The van der Waals surface area contributed by atoms with E-state index in [9.17, 15) is 4.39 Å². The van der Waals surface area contributed by atoms with Gasteiger partial charge in [0.15, 0.2) is 0 Å². The van der Waals surface area contributed by atoms with Crippen molar-refractivity contribution in [3.8, 4) is 0 Å². The van der Waals surface area contributed by atoms with Crippen molar-refractivity contribution in [3.63, 3.8) is 0 Å². The maximum Gasteiger partial charge on any atom is 0.126 e. The van der Waals surface area contributed by atoms with E-state index in [1.165, 1.54) is 17.2 Å². The topological polar surface area (TPSA) is 0 Å². The largest absolute Gasteiger partial charge is 0.207 e. The molecule has 0 radical (unpaired) electrons. The molecule has 2 aromatic rings. The van der Waals surface area contributed by atoms with Crippen LogP contribution in [-0.4, -0.2) is 5.33 Å². The molecule has 94 valence electrons. The first-order valence-corrected chi connectivity index (χ1v) is 7.19. The molecule has 0 fully saturated rings. The van der Waals surface area contributed by atoms with Crippen molar-refractivity contribution in [2.75, 3.05) is 5.33 Å². The Balaban J connectivity index is 2.23. The summed E-state index contributed by atoms with van der Waals surface area (Å²) in [5.41, 5.74) is 3.28. The highest BCUT2D eigenvalue weighted by Gasteiger charge is 2.13. The van der Waals surface area contributed by atoms with Gasteiger partial charge in [0.05, 0.1) is 0 Å². The van der Waals surface area contributed by atoms with E-state index < -0.39 is 0 Å². The summed E-state index contributed by atoms with van der Waals surface area (Å²) in [5, 5.41) is 0.838. The average Bonchev–Trinajstić information content (AvgIpc) is 2.38. The molecule has 2 heteroatoms. The zero-order chi connectivity index (χ0) is 13.0. The van der Waals surface area contributed by atoms with Gasteiger partial charge in [0.2, 0.25) is 0 Å². The Morgan fingerprint density at radius 2 is 1.89 bits per heavy atom. The molecular weight excluding hydrogens is 291 g/mol. The molecule has 0 aliphatic heterocycles. The molecule has 0 N–H and O–H groups in total. The van der Waals surface area contributed by atoms with E-state index in [1.807, 2.05) is 12.1 Å². The highest BCUT2D eigenvalue weighted by atomic mass is 79.9. The summed E-state index contributed by atoms with van der Waals surface area (Å²) in [5.74, 6) is 0.193. The number of hydrogen-bond donors (Lipinski definition) is 0. The minimum Gasteiger partial charge on any atom is -0.207 e. The summed E-state index contributed by atoms with van der Waals surface area (Å²) in [6.07, 6.45) is 0.724. The Bertz CT molecular complexity index is 522. The van der Waals surface area contributed by atoms with Crippen molar-refractivity contribution in [3.05, 3.63) is 71.0 Å². The molecule has 0 aromatic heterocycles. The standard InChI is InChI=1S/C16H16BrF/c1-12-5-4-7-13(9-12)15(11-17)10-14-6-2-3-8-16(14)18/h2-9,15H,10-11H2,1H3. The third-order valence-electron chi connectivity index (χ3n) is 3.12. The van der Waals surface area contributed by atoms with Crippen molar-refractivity contribution in [2.45, 2.75) is 19.3 Å². The molecule has 0 aliphatic rings. The lowest BCUT2D eigenvalue weighted by molar-refractivity contribution is 0.599. The van der Waals surface area contributed by atoms with Crippen LogP contribution >= 0.6 is 15.9 Å². The summed E-state index contributed by atoms with van der Waals surface area (Å²) >= 11 is 3.54. The molecule has 0 amide bonds. The number of aryl methyl sites for hydroxylation is 1. The van der Waals surface area contributed by atoms with Crippen LogP contribution in [0.1, 0.15) is 22.6 Å². The van der Waals surface area contributed by atoms with Crippen LogP contribution < -0.4 is 0 Å². The second-order valence-corrected chi connectivity index (χ2v) is 5.21. The molecule has 1 atom stereocenters. The molecule has 1 unspecified atom stereocenters. The van der Waals surface area contributed by atoms with Crippen LogP contribution in [-0.2, 0) is 6.42 Å². The Hall–Kier alpha value is -1.15. The molecule has 0 bridgehead atoms. The Morgan fingerprint density at radius 1 is 1.11 bits per heavy atom. The second kappa shape index (κ2) is 6.14.